The van der Waals surface area contributed by atoms with Crippen molar-refractivity contribution in [3.63, 3.8) is 0 Å². The first-order chi connectivity index (χ1) is 9.15. The number of aliphatic hydroxyl groups is 1. The van der Waals surface area contributed by atoms with Gasteiger partial charge in [-0.3, -0.25) is 4.79 Å². The van der Waals surface area contributed by atoms with E-state index < -0.39 is 0 Å². The van der Waals surface area contributed by atoms with E-state index in [0.717, 1.165) is 22.4 Å². The van der Waals surface area contributed by atoms with Crippen LogP contribution in [0.3, 0.4) is 0 Å². The van der Waals surface area contributed by atoms with E-state index in [1.807, 2.05) is 43.3 Å². The number of allylic oxidation sites excluding steroid dienone is 3. The standard InChI is InChI=1S/C17H18O2/c1-3-13(11-18)16-10-15(8-9-17(16)19)14-6-4-12(2)5-7-14/h4-10,13,18H,2-3,11H2,1H3. The van der Waals surface area contributed by atoms with Crippen LogP contribution in [0.4, 0.5) is 0 Å². The monoisotopic (exact) mass is 254 g/mol. The summed E-state index contributed by atoms with van der Waals surface area (Å²) in [6, 6.07) is 7.88. The lowest BCUT2D eigenvalue weighted by Crippen LogP contribution is -2.18. The number of carbonyl (C=O) groups is 1. The fourth-order valence-electron chi connectivity index (χ4n) is 2.19. The molecule has 1 aliphatic rings. The average Bonchev–Trinajstić information content (AvgIpc) is 2.43. The molecule has 1 unspecified atom stereocenters. The van der Waals surface area contributed by atoms with Crippen LogP contribution in [0.1, 0.15) is 13.3 Å². The summed E-state index contributed by atoms with van der Waals surface area (Å²) in [4.78, 5) is 11.9. The molecule has 1 aromatic carbocycles. The lowest BCUT2D eigenvalue weighted by Gasteiger charge is -2.17. The van der Waals surface area contributed by atoms with Gasteiger partial charge in [-0.25, -0.2) is 0 Å². The number of ketones is 1. The lowest BCUT2D eigenvalue weighted by molar-refractivity contribution is -0.112. The summed E-state index contributed by atoms with van der Waals surface area (Å²) in [5.41, 5.74) is 1.70. The Bertz CT molecular complexity index is 623. The highest BCUT2D eigenvalue weighted by molar-refractivity contribution is 6.09. The van der Waals surface area contributed by atoms with Crippen LogP contribution in [0, 0.1) is 5.92 Å². The molecule has 2 rings (SSSR count). The third-order valence-electron chi connectivity index (χ3n) is 3.45. The van der Waals surface area contributed by atoms with Gasteiger partial charge in [0, 0.05) is 11.5 Å². The highest BCUT2D eigenvalue weighted by atomic mass is 16.3. The Labute approximate surface area is 113 Å². The van der Waals surface area contributed by atoms with Crippen molar-refractivity contribution in [2.45, 2.75) is 13.3 Å². The number of hydrogen-bond acceptors (Lipinski definition) is 2. The molecule has 0 fully saturated rings. The van der Waals surface area contributed by atoms with E-state index in [4.69, 9.17) is 0 Å². The Morgan fingerprint density at radius 2 is 1.89 bits per heavy atom. The highest BCUT2D eigenvalue weighted by Crippen LogP contribution is 2.22. The van der Waals surface area contributed by atoms with Crippen LogP contribution in [-0.4, -0.2) is 17.5 Å². The molecule has 1 atom stereocenters. The normalized spacial score (nSPS) is 16.4. The molecule has 0 saturated carbocycles. The molecule has 2 nitrogen and oxygen atoms in total. The Balaban J connectivity index is 2.52. The molecule has 0 aromatic heterocycles. The summed E-state index contributed by atoms with van der Waals surface area (Å²) < 4.78 is 0. The van der Waals surface area contributed by atoms with Crippen LogP contribution in [0.25, 0.3) is 12.2 Å². The third kappa shape index (κ3) is 2.91. The first-order valence-electron chi connectivity index (χ1n) is 6.50. The fourth-order valence-corrected chi connectivity index (χ4v) is 2.19. The van der Waals surface area contributed by atoms with Gasteiger partial charge in [0.05, 0.1) is 6.61 Å². The summed E-state index contributed by atoms with van der Waals surface area (Å²) in [6.07, 6.45) is 6.06. The smallest absolute Gasteiger partial charge is 0.182 e. The zero-order valence-electron chi connectivity index (χ0n) is 11.1. The van der Waals surface area contributed by atoms with Crippen molar-refractivity contribution in [2.75, 3.05) is 6.61 Å². The van der Waals surface area contributed by atoms with E-state index >= 15 is 0 Å². The van der Waals surface area contributed by atoms with Crippen LogP contribution < -0.4 is 10.4 Å². The van der Waals surface area contributed by atoms with E-state index in [1.165, 1.54) is 0 Å². The second kappa shape index (κ2) is 5.81. The summed E-state index contributed by atoms with van der Waals surface area (Å²) in [7, 11) is 0. The first-order valence-corrected chi connectivity index (χ1v) is 6.50. The topological polar surface area (TPSA) is 37.3 Å². The summed E-state index contributed by atoms with van der Waals surface area (Å²) in [5, 5.41) is 11.4. The molecule has 0 heterocycles. The molecule has 98 valence electrons. The minimum atomic E-state index is -0.0837. The van der Waals surface area contributed by atoms with Crippen LogP contribution in [0.15, 0.2) is 48.1 Å². The number of aliphatic hydroxyl groups excluding tert-OH is 1. The molecular weight excluding hydrogens is 236 g/mol. The lowest BCUT2D eigenvalue weighted by atomic mass is 9.88. The summed E-state index contributed by atoms with van der Waals surface area (Å²) >= 11 is 0. The molecule has 0 amide bonds. The molecule has 0 aliphatic heterocycles. The van der Waals surface area contributed by atoms with Gasteiger partial charge in [0.2, 0.25) is 0 Å². The molecule has 1 aliphatic carbocycles. The molecule has 0 spiro atoms. The van der Waals surface area contributed by atoms with Crippen molar-refractivity contribution in [3.05, 3.63) is 58.5 Å². The Hall–Kier alpha value is -1.93. The molecular formula is C17H18O2. The Kier molecular flexibility index (Phi) is 4.13. The van der Waals surface area contributed by atoms with Gasteiger partial charge in [-0.1, -0.05) is 43.8 Å². The van der Waals surface area contributed by atoms with Gasteiger partial charge in [0.1, 0.15) is 0 Å². The van der Waals surface area contributed by atoms with E-state index in [0.29, 0.717) is 5.57 Å². The third-order valence-corrected chi connectivity index (χ3v) is 3.45. The predicted octanol–water partition coefficient (Wildman–Crippen LogP) is 1.33. The molecule has 1 aromatic rings. The summed E-state index contributed by atoms with van der Waals surface area (Å²) in [5.74, 6) is -0.0852. The van der Waals surface area contributed by atoms with Gasteiger partial charge in [0.25, 0.3) is 0 Å². The van der Waals surface area contributed by atoms with Crippen LogP contribution >= 0.6 is 0 Å². The minimum Gasteiger partial charge on any atom is -0.396 e. The second-order valence-electron chi connectivity index (χ2n) is 4.74. The van der Waals surface area contributed by atoms with E-state index in [-0.39, 0.29) is 18.3 Å². The van der Waals surface area contributed by atoms with Crippen LogP contribution in [0.5, 0.6) is 0 Å². The number of carbonyl (C=O) groups excluding carboxylic acids is 1. The number of rotatable bonds is 3. The van der Waals surface area contributed by atoms with Crippen molar-refractivity contribution in [3.8, 4) is 0 Å². The largest absolute Gasteiger partial charge is 0.396 e. The molecule has 0 radical (unpaired) electrons. The zero-order chi connectivity index (χ0) is 13.8. The first kappa shape index (κ1) is 13.5. The molecule has 2 heteroatoms. The van der Waals surface area contributed by atoms with Crippen molar-refractivity contribution in [1.82, 2.24) is 0 Å². The molecule has 1 N–H and O–H groups in total. The molecule has 0 saturated heterocycles. The SMILES string of the molecule is C=c1ccc(=C2C=CC(=O)C(C(CC)CO)=C2)cc1. The fraction of sp³-hybridized carbons (Fsp3) is 0.235. The van der Waals surface area contributed by atoms with Gasteiger partial charge in [-0.05, 0) is 34.6 Å². The Morgan fingerprint density at radius 3 is 2.47 bits per heavy atom. The Morgan fingerprint density at radius 1 is 1.21 bits per heavy atom. The maximum Gasteiger partial charge on any atom is 0.182 e. The molecule has 0 bridgehead atoms. The maximum absolute atomic E-state index is 11.9. The van der Waals surface area contributed by atoms with Crippen molar-refractivity contribution in [2.24, 2.45) is 5.92 Å². The van der Waals surface area contributed by atoms with E-state index in [1.54, 1.807) is 6.08 Å². The van der Waals surface area contributed by atoms with Crippen molar-refractivity contribution >= 4 is 17.9 Å². The van der Waals surface area contributed by atoms with E-state index in [2.05, 4.69) is 6.58 Å². The maximum atomic E-state index is 11.9. The minimum absolute atomic E-state index is 0.00146. The highest BCUT2D eigenvalue weighted by Gasteiger charge is 2.19. The van der Waals surface area contributed by atoms with E-state index in [9.17, 15) is 9.90 Å². The van der Waals surface area contributed by atoms with Crippen LogP contribution in [0.2, 0.25) is 0 Å². The summed E-state index contributed by atoms with van der Waals surface area (Å²) in [6.45, 7) is 5.84. The number of hydrogen-bond donors (Lipinski definition) is 1. The van der Waals surface area contributed by atoms with Gasteiger partial charge in [-0.2, -0.15) is 0 Å². The second-order valence-corrected chi connectivity index (χ2v) is 4.74. The average molecular weight is 254 g/mol. The van der Waals surface area contributed by atoms with Crippen molar-refractivity contribution in [1.29, 1.82) is 0 Å². The van der Waals surface area contributed by atoms with Gasteiger partial charge >= 0.3 is 0 Å². The number of benzene rings is 1. The van der Waals surface area contributed by atoms with Gasteiger partial charge in [0.15, 0.2) is 5.78 Å². The molecule has 19 heavy (non-hydrogen) atoms. The van der Waals surface area contributed by atoms with Crippen LogP contribution in [-0.2, 0) is 4.79 Å². The zero-order valence-corrected chi connectivity index (χ0v) is 11.1. The predicted molar refractivity (Wildman–Crippen MR) is 77.7 cm³/mol. The van der Waals surface area contributed by atoms with Crippen molar-refractivity contribution < 1.29 is 9.90 Å². The quantitative estimate of drug-likeness (QED) is 0.883. The van der Waals surface area contributed by atoms with Gasteiger partial charge < -0.3 is 5.11 Å². The van der Waals surface area contributed by atoms with Gasteiger partial charge in [-0.15, -0.1) is 0 Å².